The van der Waals surface area contributed by atoms with Gasteiger partial charge in [0.15, 0.2) is 0 Å². The van der Waals surface area contributed by atoms with E-state index in [-0.39, 0.29) is 18.4 Å². The number of carbonyl (C=O) groups is 2. The average molecular weight is 412 g/mol. The summed E-state index contributed by atoms with van der Waals surface area (Å²) in [6.07, 6.45) is 7.19. The molecule has 1 aromatic carbocycles. The topological polar surface area (TPSA) is 54.8 Å². The van der Waals surface area contributed by atoms with Crippen LogP contribution in [0, 0.1) is 0 Å². The van der Waals surface area contributed by atoms with Gasteiger partial charge in [0.1, 0.15) is 6.54 Å². The molecule has 0 aliphatic carbocycles. The van der Waals surface area contributed by atoms with Crippen molar-refractivity contribution >= 4 is 17.9 Å². The Balaban J connectivity index is 2.08. The zero-order chi connectivity index (χ0) is 21.8. The number of aromatic nitrogens is 1. The SMILES string of the molecule is CCCCN(Cc1cccn1C)C(=O)CN(CCOC)C(=O)C=Cc1ccccc1. The van der Waals surface area contributed by atoms with E-state index in [0.29, 0.717) is 26.2 Å². The number of rotatable bonds is 12. The largest absolute Gasteiger partial charge is 0.383 e. The molecule has 2 amide bonds. The van der Waals surface area contributed by atoms with Gasteiger partial charge in [-0.05, 0) is 30.2 Å². The number of carbonyl (C=O) groups excluding carboxylic acids is 2. The fourth-order valence-electron chi connectivity index (χ4n) is 3.07. The molecular formula is C24H33N3O3. The van der Waals surface area contributed by atoms with Gasteiger partial charge in [0, 0.05) is 45.2 Å². The molecule has 6 nitrogen and oxygen atoms in total. The molecule has 1 aromatic heterocycles. The van der Waals surface area contributed by atoms with Gasteiger partial charge in [-0.1, -0.05) is 43.7 Å². The van der Waals surface area contributed by atoms with E-state index in [1.54, 1.807) is 18.1 Å². The Morgan fingerprint density at radius 2 is 1.83 bits per heavy atom. The van der Waals surface area contributed by atoms with Crippen molar-refractivity contribution in [2.75, 3.05) is 33.4 Å². The van der Waals surface area contributed by atoms with Crippen LogP contribution >= 0.6 is 0 Å². The van der Waals surface area contributed by atoms with E-state index < -0.39 is 0 Å². The highest BCUT2D eigenvalue weighted by molar-refractivity contribution is 5.94. The highest BCUT2D eigenvalue weighted by Crippen LogP contribution is 2.09. The van der Waals surface area contributed by atoms with Crippen LogP contribution in [0.15, 0.2) is 54.7 Å². The summed E-state index contributed by atoms with van der Waals surface area (Å²) in [5.74, 6) is -0.249. The van der Waals surface area contributed by atoms with Crippen molar-refractivity contribution in [1.82, 2.24) is 14.4 Å². The Hall–Kier alpha value is -2.86. The molecule has 1 heterocycles. The summed E-state index contributed by atoms with van der Waals surface area (Å²) in [7, 11) is 3.56. The maximum atomic E-state index is 13.1. The smallest absolute Gasteiger partial charge is 0.247 e. The van der Waals surface area contributed by atoms with Crippen LogP contribution in [-0.4, -0.2) is 59.5 Å². The van der Waals surface area contributed by atoms with E-state index in [9.17, 15) is 9.59 Å². The molecule has 0 fully saturated rings. The van der Waals surface area contributed by atoms with Gasteiger partial charge in [0.2, 0.25) is 11.8 Å². The standard InChI is InChI=1S/C24H33N3O3/c1-4-5-16-26(19-22-12-9-15-25(22)2)24(29)20-27(17-18-30-3)23(28)14-13-21-10-7-6-8-11-21/h6-15H,4-5,16-20H2,1-3H3. The van der Waals surface area contributed by atoms with Gasteiger partial charge < -0.3 is 19.1 Å². The Kier molecular flexibility index (Phi) is 9.87. The van der Waals surface area contributed by atoms with E-state index in [0.717, 1.165) is 24.1 Å². The van der Waals surface area contributed by atoms with Crippen molar-refractivity contribution in [3.8, 4) is 0 Å². The van der Waals surface area contributed by atoms with E-state index >= 15 is 0 Å². The molecule has 162 valence electrons. The minimum atomic E-state index is -0.196. The average Bonchev–Trinajstić information content (AvgIpc) is 3.17. The fraction of sp³-hybridized carbons (Fsp3) is 0.417. The lowest BCUT2D eigenvalue weighted by molar-refractivity contribution is -0.139. The molecule has 0 aliphatic rings. The molecule has 0 unspecified atom stereocenters. The molecule has 0 saturated heterocycles. The quantitative estimate of drug-likeness (QED) is 0.504. The maximum absolute atomic E-state index is 13.1. The summed E-state index contributed by atoms with van der Waals surface area (Å²) in [6.45, 7) is 4.10. The van der Waals surface area contributed by atoms with Gasteiger partial charge in [-0.25, -0.2) is 0 Å². The number of nitrogens with zero attached hydrogens (tertiary/aromatic N) is 3. The molecular weight excluding hydrogens is 378 g/mol. The van der Waals surface area contributed by atoms with Gasteiger partial charge in [-0.15, -0.1) is 0 Å². The van der Waals surface area contributed by atoms with Gasteiger partial charge in [-0.2, -0.15) is 0 Å². The zero-order valence-electron chi connectivity index (χ0n) is 18.3. The number of aryl methyl sites for hydroxylation is 1. The van der Waals surface area contributed by atoms with Crippen LogP contribution in [0.2, 0.25) is 0 Å². The molecule has 0 bridgehead atoms. The number of ether oxygens (including phenoxy) is 1. The number of unbranched alkanes of at least 4 members (excludes halogenated alkanes) is 1. The predicted octanol–water partition coefficient (Wildman–Crippen LogP) is 3.34. The minimum absolute atomic E-state index is 0.0372. The number of benzene rings is 1. The lowest BCUT2D eigenvalue weighted by atomic mass is 10.2. The molecule has 6 heteroatoms. The van der Waals surface area contributed by atoms with Crippen LogP contribution < -0.4 is 0 Å². The summed E-state index contributed by atoms with van der Waals surface area (Å²) in [6, 6.07) is 13.6. The molecule has 0 saturated carbocycles. The van der Waals surface area contributed by atoms with Crippen LogP contribution in [0.4, 0.5) is 0 Å². The molecule has 0 radical (unpaired) electrons. The second-order valence-electron chi connectivity index (χ2n) is 7.28. The highest BCUT2D eigenvalue weighted by atomic mass is 16.5. The number of methoxy groups -OCH3 is 1. The third kappa shape index (κ3) is 7.52. The third-order valence-corrected chi connectivity index (χ3v) is 4.96. The first-order valence-corrected chi connectivity index (χ1v) is 10.4. The summed E-state index contributed by atoms with van der Waals surface area (Å²) in [5.41, 5.74) is 2.01. The predicted molar refractivity (Wildman–Crippen MR) is 120 cm³/mol. The van der Waals surface area contributed by atoms with E-state index in [4.69, 9.17) is 4.74 Å². The number of hydrogen-bond acceptors (Lipinski definition) is 3. The van der Waals surface area contributed by atoms with Crippen LogP contribution in [0.25, 0.3) is 6.08 Å². The Morgan fingerprint density at radius 1 is 1.07 bits per heavy atom. The fourth-order valence-corrected chi connectivity index (χ4v) is 3.07. The van der Waals surface area contributed by atoms with Crippen molar-refractivity contribution in [3.05, 3.63) is 66.0 Å². The summed E-state index contributed by atoms with van der Waals surface area (Å²) >= 11 is 0. The van der Waals surface area contributed by atoms with Gasteiger partial charge >= 0.3 is 0 Å². The van der Waals surface area contributed by atoms with Crippen molar-refractivity contribution in [3.63, 3.8) is 0 Å². The van der Waals surface area contributed by atoms with Gasteiger partial charge in [0.05, 0.1) is 13.2 Å². The van der Waals surface area contributed by atoms with Crippen molar-refractivity contribution in [2.45, 2.75) is 26.3 Å². The highest BCUT2D eigenvalue weighted by Gasteiger charge is 2.20. The molecule has 30 heavy (non-hydrogen) atoms. The van der Waals surface area contributed by atoms with Crippen LogP contribution in [0.5, 0.6) is 0 Å². The third-order valence-electron chi connectivity index (χ3n) is 4.96. The first kappa shape index (κ1) is 23.4. The monoisotopic (exact) mass is 411 g/mol. The maximum Gasteiger partial charge on any atom is 0.247 e. The molecule has 2 rings (SSSR count). The summed E-state index contributed by atoms with van der Waals surface area (Å²) in [4.78, 5) is 29.3. The van der Waals surface area contributed by atoms with Crippen molar-refractivity contribution < 1.29 is 14.3 Å². The van der Waals surface area contributed by atoms with Gasteiger partial charge in [0.25, 0.3) is 0 Å². The Morgan fingerprint density at radius 3 is 2.47 bits per heavy atom. The first-order chi connectivity index (χ1) is 14.5. The van der Waals surface area contributed by atoms with Crippen LogP contribution in [0.1, 0.15) is 31.0 Å². The Bertz CT molecular complexity index is 814. The van der Waals surface area contributed by atoms with Crippen molar-refractivity contribution in [1.29, 1.82) is 0 Å². The van der Waals surface area contributed by atoms with Gasteiger partial charge in [-0.3, -0.25) is 9.59 Å². The van der Waals surface area contributed by atoms with Crippen molar-refractivity contribution in [2.24, 2.45) is 7.05 Å². The second kappa shape index (κ2) is 12.6. The molecule has 0 spiro atoms. The Labute approximate surface area is 179 Å². The lowest BCUT2D eigenvalue weighted by Gasteiger charge is -2.27. The molecule has 0 aliphatic heterocycles. The summed E-state index contributed by atoms with van der Waals surface area (Å²) in [5, 5.41) is 0. The lowest BCUT2D eigenvalue weighted by Crippen LogP contribution is -2.43. The molecule has 2 aromatic rings. The van der Waals surface area contributed by atoms with Crippen LogP contribution in [0.3, 0.4) is 0 Å². The molecule has 0 atom stereocenters. The van der Waals surface area contributed by atoms with E-state index in [1.165, 1.54) is 6.08 Å². The number of hydrogen-bond donors (Lipinski definition) is 0. The van der Waals surface area contributed by atoms with E-state index in [2.05, 4.69) is 6.92 Å². The minimum Gasteiger partial charge on any atom is -0.383 e. The van der Waals surface area contributed by atoms with Crippen LogP contribution in [-0.2, 0) is 27.9 Å². The zero-order valence-corrected chi connectivity index (χ0v) is 18.3. The molecule has 0 N–H and O–H groups in total. The first-order valence-electron chi connectivity index (χ1n) is 10.4. The normalized spacial score (nSPS) is 11.0. The number of amides is 2. The second-order valence-corrected chi connectivity index (χ2v) is 7.28. The summed E-state index contributed by atoms with van der Waals surface area (Å²) < 4.78 is 7.16. The van der Waals surface area contributed by atoms with E-state index in [1.807, 2.05) is 65.2 Å².